The Morgan fingerprint density at radius 2 is 2.11 bits per heavy atom. The first kappa shape index (κ1) is 5.69. The maximum atomic E-state index is 2.55. The van der Waals surface area contributed by atoms with E-state index in [4.69, 9.17) is 0 Å². The maximum Gasteiger partial charge on any atom is 0.0391 e. The molecule has 52 valence electrons. The molecule has 2 heterocycles. The Morgan fingerprint density at radius 3 is 2.44 bits per heavy atom. The number of piperazine rings is 1. The third-order valence-electron chi connectivity index (χ3n) is 2.78. The van der Waals surface area contributed by atoms with E-state index in [0.717, 1.165) is 12.1 Å². The average molecular weight is 126 g/mol. The normalized spacial score (nSPS) is 43.3. The molecule has 2 rings (SSSR count). The van der Waals surface area contributed by atoms with Crippen LogP contribution in [0.2, 0.25) is 0 Å². The number of likely N-dealkylation sites (N-methyl/N-ethyl adjacent to an activating group) is 2. The molecule has 0 N–H and O–H groups in total. The SMILES string of the molecule is CCN1CC2[C@@H]1CN2C. The first-order valence-electron chi connectivity index (χ1n) is 3.77. The van der Waals surface area contributed by atoms with Crippen LogP contribution in [-0.2, 0) is 0 Å². The van der Waals surface area contributed by atoms with Gasteiger partial charge in [-0.2, -0.15) is 0 Å². The molecule has 1 unspecified atom stereocenters. The molecule has 0 aliphatic carbocycles. The van der Waals surface area contributed by atoms with E-state index < -0.39 is 0 Å². The topological polar surface area (TPSA) is 6.48 Å². The van der Waals surface area contributed by atoms with E-state index in [-0.39, 0.29) is 0 Å². The first-order chi connectivity index (χ1) is 4.33. The van der Waals surface area contributed by atoms with Gasteiger partial charge in [0.2, 0.25) is 0 Å². The maximum absolute atomic E-state index is 2.55. The average Bonchev–Trinajstić information content (AvgIpc) is 1.83. The second-order valence-electron chi connectivity index (χ2n) is 3.16. The molecule has 0 aromatic rings. The van der Waals surface area contributed by atoms with Gasteiger partial charge in [-0.1, -0.05) is 6.92 Å². The van der Waals surface area contributed by atoms with Crippen LogP contribution in [0.3, 0.4) is 0 Å². The van der Waals surface area contributed by atoms with E-state index in [1.54, 1.807) is 0 Å². The minimum atomic E-state index is 0.921. The lowest BCUT2D eigenvalue weighted by atomic mass is 9.86. The molecular formula is C7H14N2. The van der Waals surface area contributed by atoms with Crippen molar-refractivity contribution in [1.29, 1.82) is 0 Å². The quantitative estimate of drug-likeness (QED) is 0.488. The van der Waals surface area contributed by atoms with Crippen LogP contribution in [0, 0.1) is 0 Å². The molecule has 0 aromatic heterocycles. The summed E-state index contributed by atoms with van der Waals surface area (Å²) in [4.78, 5) is 4.99. The first-order valence-corrected chi connectivity index (χ1v) is 3.77. The third-order valence-corrected chi connectivity index (χ3v) is 2.78. The van der Waals surface area contributed by atoms with Gasteiger partial charge >= 0.3 is 0 Å². The molecular weight excluding hydrogens is 112 g/mol. The summed E-state index contributed by atoms with van der Waals surface area (Å²) in [6, 6.07) is 1.85. The second kappa shape index (κ2) is 1.70. The van der Waals surface area contributed by atoms with Crippen molar-refractivity contribution in [2.45, 2.75) is 19.0 Å². The fraction of sp³-hybridized carbons (Fsp3) is 1.00. The predicted molar refractivity (Wildman–Crippen MR) is 37.5 cm³/mol. The number of hydrogen-bond donors (Lipinski definition) is 0. The molecule has 2 aliphatic rings. The van der Waals surface area contributed by atoms with Gasteiger partial charge in [0.05, 0.1) is 0 Å². The lowest BCUT2D eigenvalue weighted by molar-refractivity contribution is -0.108. The molecule has 9 heavy (non-hydrogen) atoms. The van der Waals surface area contributed by atoms with Gasteiger partial charge in [-0.3, -0.25) is 9.80 Å². The second-order valence-corrected chi connectivity index (χ2v) is 3.16. The summed E-state index contributed by atoms with van der Waals surface area (Å²) in [6.07, 6.45) is 0. The summed E-state index contributed by atoms with van der Waals surface area (Å²) in [5.41, 5.74) is 0. The molecule has 2 aliphatic heterocycles. The molecule has 0 aromatic carbocycles. The molecule has 2 atom stereocenters. The number of fused-ring (bicyclic) bond motifs is 1. The van der Waals surface area contributed by atoms with Crippen LogP contribution in [0.1, 0.15) is 6.92 Å². The summed E-state index contributed by atoms with van der Waals surface area (Å²) < 4.78 is 0. The van der Waals surface area contributed by atoms with Crippen molar-refractivity contribution in [2.24, 2.45) is 0 Å². The van der Waals surface area contributed by atoms with E-state index in [9.17, 15) is 0 Å². The number of rotatable bonds is 1. The zero-order valence-electron chi connectivity index (χ0n) is 6.17. The van der Waals surface area contributed by atoms with Crippen molar-refractivity contribution < 1.29 is 0 Å². The third kappa shape index (κ3) is 0.578. The smallest absolute Gasteiger partial charge is 0.0391 e. The van der Waals surface area contributed by atoms with E-state index in [1.165, 1.54) is 19.6 Å². The highest BCUT2D eigenvalue weighted by Gasteiger charge is 2.48. The van der Waals surface area contributed by atoms with Gasteiger partial charge < -0.3 is 0 Å². The molecule has 0 saturated carbocycles. The predicted octanol–water partition coefficient (Wildman–Crippen LogP) is 0.00450. The monoisotopic (exact) mass is 126 g/mol. The van der Waals surface area contributed by atoms with Crippen molar-refractivity contribution in [3.8, 4) is 0 Å². The summed E-state index contributed by atoms with van der Waals surface area (Å²) >= 11 is 0. The van der Waals surface area contributed by atoms with Gasteiger partial charge in [0.15, 0.2) is 0 Å². The van der Waals surface area contributed by atoms with Gasteiger partial charge in [-0.25, -0.2) is 0 Å². The molecule has 2 heteroatoms. The summed E-state index contributed by atoms with van der Waals surface area (Å²) in [7, 11) is 2.22. The zero-order chi connectivity index (χ0) is 6.43. The highest BCUT2D eigenvalue weighted by atomic mass is 15.4. The van der Waals surface area contributed by atoms with Crippen LogP contribution in [0.4, 0.5) is 0 Å². The number of nitrogens with zero attached hydrogens (tertiary/aromatic N) is 2. The fourth-order valence-corrected chi connectivity index (χ4v) is 1.93. The minimum Gasteiger partial charge on any atom is -0.299 e. The highest BCUT2D eigenvalue weighted by molar-refractivity contribution is 5.06. The Hall–Kier alpha value is -0.0800. The van der Waals surface area contributed by atoms with Crippen LogP contribution in [0.5, 0.6) is 0 Å². The molecule has 0 radical (unpaired) electrons. The van der Waals surface area contributed by atoms with Crippen LogP contribution in [0.25, 0.3) is 0 Å². The Bertz CT molecular complexity index is 120. The van der Waals surface area contributed by atoms with Gasteiger partial charge in [-0.15, -0.1) is 0 Å². The number of hydrogen-bond acceptors (Lipinski definition) is 2. The lowest BCUT2D eigenvalue weighted by Crippen LogP contribution is -2.77. The minimum absolute atomic E-state index is 0.921. The van der Waals surface area contributed by atoms with E-state index in [2.05, 4.69) is 23.8 Å². The zero-order valence-corrected chi connectivity index (χ0v) is 6.17. The summed E-state index contributed by atoms with van der Waals surface area (Å²) in [5, 5.41) is 0. The van der Waals surface area contributed by atoms with Crippen LogP contribution in [0.15, 0.2) is 0 Å². The molecule has 2 saturated heterocycles. The fourth-order valence-electron chi connectivity index (χ4n) is 1.93. The summed E-state index contributed by atoms with van der Waals surface area (Å²) in [5.74, 6) is 0. The van der Waals surface area contributed by atoms with Gasteiger partial charge in [0.25, 0.3) is 0 Å². The Labute approximate surface area is 56.4 Å². The van der Waals surface area contributed by atoms with Crippen molar-refractivity contribution in [3.05, 3.63) is 0 Å². The Morgan fingerprint density at radius 1 is 1.33 bits per heavy atom. The highest BCUT2D eigenvalue weighted by Crippen LogP contribution is 2.30. The number of likely N-dealkylation sites (tertiary alicyclic amines) is 2. The van der Waals surface area contributed by atoms with E-state index in [1.807, 2.05) is 0 Å². The summed E-state index contributed by atoms with van der Waals surface area (Å²) in [6.45, 7) is 6.11. The van der Waals surface area contributed by atoms with Crippen LogP contribution < -0.4 is 0 Å². The standard InChI is InChI=1S/C7H14N2/c1-3-9-5-6-7(9)4-8(6)2/h6-7H,3-5H2,1-2H3/t6?,7-/m0/s1. The Balaban J connectivity index is 1.88. The van der Waals surface area contributed by atoms with Crippen LogP contribution >= 0.6 is 0 Å². The molecule has 2 fully saturated rings. The van der Waals surface area contributed by atoms with Gasteiger partial charge in [0, 0.05) is 25.2 Å². The van der Waals surface area contributed by atoms with Crippen molar-refractivity contribution in [2.75, 3.05) is 26.7 Å². The molecule has 2 nitrogen and oxygen atoms in total. The van der Waals surface area contributed by atoms with Crippen molar-refractivity contribution in [3.63, 3.8) is 0 Å². The molecule has 0 amide bonds. The van der Waals surface area contributed by atoms with Gasteiger partial charge in [-0.05, 0) is 13.6 Å². The largest absolute Gasteiger partial charge is 0.299 e. The van der Waals surface area contributed by atoms with Crippen molar-refractivity contribution >= 4 is 0 Å². The van der Waals surface area contributed by atoms with Crippen molar-refractivity contribution in [1.82, 2.24) is 9.80 Å². The van der Waals surface area contributed by atoms with E-state index >= 15 is 0 Å². The Kier molecular flexibility index (Phi) is 1.08. The molecule has 0 spiro atoms. The van der Waals surface area contributed by atoms with Gasteiger partial charge in [0.1, 0.15) is 0 Å². The van der Waals surface area contributed by atoms with Crippen LogP contribution in [-0.4, -0.2) is 48.6 Å². The molecule has 0 bridgehead atoms. The van der Waals surface area contributed by atoms with E-state index in [0.29, 0.717) is 0 Å². The lowest BCUT2D eigenvalue weighted by Gasteiger charge is -2.61.